The average Bonchev–Trinajstić information content (AvgIpc) is 2.42. The zero-order valence-electron chi connectivity index (χ0n) is 10.6. The number of benzene rings is 1. The van der Waals surface area contributed by atoms with Gasteiger partial charge in [-0.15, -0.1) is 0 Å². The van der Waals surface area contributed by atoms with Crippen molar-refractivity contribution in [2.45, 2.75) is 25.4 Å². The van der Waals surface area contributed by atoms with E-state index < -0.39 is 0 Å². The number of ketones is 1. The predicted octanol–water partition coefficient (Wildman–Crippen LogP) is 2.47. The van der Waals surface area contributed by atoms with Crippen LogP contribution in [0.15, 0.2) is 22.7 Å². The molecule has 0 spiro atoms. The minimum Gasteiger partial charge on any atom is -0.370 e. The molecule has 0 atom stereocenters. The first-order chi connectivity index (χ1) is 9.15. The van der Waals surface area contributed by atoms with Crippen LogP contribution in [-0.2, 0) is 16.0 Å². The summed E-state index contributed by atoms with van der Waals surface area (Å²) in [4.78, 5) is 11.8. The molecule has 1 aromatic rings. The molecule has 2 rings (SSSR count). The lowest BCUT2D eigenvalue weighted by atomic mass is 10.1. The third kappa shape index (κ3) is 4.67. The van der Waals surface area contributed by atoms with Crippen molar-refractivity contribution in [1.82, 2.24) is 5.32 Å². The predicted molar refractivity (Wildman–Crippen MR) is 74.7 cm³/mol. The summed E-state index contributed by atoms with van der Waals surface area (Å²) in [6.07, 6.45) is 2.37. The van der Waals surface area contributed by atoms with Gasteiger partial charge in [-0.25, -0.2) is 4.39 Å². The van der Waals surface area contributed by atoms with E-state index in [-0.39, 0.29) is 30.7 Å². The topological polar surface area (TPSA) is 38.3 Å². The lowest BCUT2D eigenvalue weighted by molar-refractivity contribution is -0.125. The van der Waals surface area contributed by atoms with Gasteiger partial charge in [-0.05, 0) is 59.6 Å². The molecular weight excluding hydrogens is 313 g/mol. The maximum absolute atomic E-state index is 13.1. The Bertz CT molecular complexity index is 447. The van der Waals surface area contributed by atoms with Gasteiger partial charge in [0.15, 0.2) is 5.78 Å². The molecule has 1 heterocycles. The first-order valence-electron chi connectivity index (χ1n) is 6.43. The Hall–Kier alpha value is -0.780. The zero-order valence-corrected chi connectivity index (χ0v) is 12.2. The third-order valence-electron chi connectivity index (χ3n) is 3.15. The highest BCUT2D eigenvalue weighted by Gasteiger charge is 2.15. The molecule has 1 N–H and O–H groups in total. The fourth-order valence-electron chi connectivity index (χ4n) is 2.10. The van der Waals surface area contributed by atoms with Crippen molar-refractivity contribution in [2.75, 3.05) is 19.7 Å². The highest BCUT2D eigenvalue weighted by molar-refractivity contribution is 9.10. The Morgan fingerprint density at radius 3 is 2.84 bits per heavy atom. The van der Waals surface area contributed by atoms with Crippen LogP contribution in [0.1, 0.15) is 18.4 Å². The largest absolute Gasteiger partial charge is 0.370 e. The van der Waals surface area contributed by atoms with Crippen molar-refractivity contribution in [3.05, 3.63) is 34.1 Å². The smallest absolute Gasteiger partial charge is 0.162 e. The molecule has 1 aliphatic heterocycles. The Morgan fingerprint density at radius 1 is 1.42 bits per heavy atom. The molecule has 1 fully saturated rings. The van der Waals surface area contributed by atoms with Crippen molar-refractivity contribution >= 4 is 21.7 Å². The molecule has 0 unspecified atom stereocenters. The summed E-state index contributed by atoms with van der Waals surface area (Å²) >= 11 is 3.11. The molecule has 5 heteroatoms. The van der Waals surface area contributed by atoms with Gasteiger partial charge in [-0.2, -0.15) is 0 Å². The Labute approximate surface area is 120 Å². The first-order valence-corrected chi connectivity index (χ1v) is 7.22. The number of ether oxygens (including phenoxy) is 1. The van der Waals surface area contributed by atoms with Gasteiger partial charge in [-0.3, -0.25) is 4.79 Å². The molecule has 104 valence electrons. The Morgan fingerprint density at radius 2 is 2.16 bits per heavy atom. The Kier molecular flexibility index (Phi) is 5.48. The number of halogens is 2. The van der Waals surface area contributed by atoms with E-state index in [4.69, 9.17) is 4.74 Å². The van der Waals surface area contributed by atoms with Crippen molar-refractivity contribution in [2.24, 2.45) is 0 Å². The van der Waals surface area contributed by atoms with Crippen LogP contribution in [0.2, 0.25) is 0 Å². The minimum atomic E-state index is -0.317. The molecule has 3 nitrogen and oxygen atoms in total. The van der Waals surface area contributed by atoms with Gasteiger partial charge in [0.25, 0.3) is 0 Å². The summed E-state index contributed by atoms with van der Waals surface area (Å²) in [6, 6.07) is 4.63. The average molecular weight is 330 g/mol. The van der Waals surface area contributed by atoms with Gasteiger partial charge in [0.05, 0.1) is 10.6 Å². The quantitative estimate of drug-likeness (QED) is 0.901. The van der Waals surface area contributed by atoms with Gasteiger partial charge in [0.1, 0.15) is 12.4 Å². The van der Waals surface area contributed by atoms with Crippen LogP contribution < -0.4 is 5.32 Å². The molecule has 1 aliphatic rings. The van der Waals surface area contributed by atoms with Crippen molar-refractivity contribution in [3.8, 4) is 0 Å². The minimum absolute atomic E-state index is 0.0250. The second kappa shape index (κ2) is 7.12. The summed E-state index contributed by atoms with van der Waals surface area (Å²) in [5.41, 5.74) is 0.798. The lowest BCUT2D eigenvalue weighted by Crippen LogP contribution is -2.33. The van der Waals surface area contributed by atoms with Crippen LogP contribution >= 0.6 is 15.9 Å². The summed E-state index contributed by atoms with van der Waals surface area (Å²) < 4.78 is 19.0. The highest BCUT2D eigenvalue weighted by Crippen LogP contribution is 2.17. The van der Waals surface area contributed by atoms with Crippen LogP contribution in [0, 0.1) is 5.82 Å². The molecule has 0 amide bonds. The third-order valence-corrected chi connectivity index (χ3v) is 3.76. The van der Waals surface area contributed by atoms with Gasteiger partial charge in [0.2, 0.25) is 0 Å². The summed E-state index contributed by atoms with van der Waals surface area (Å²) in [7, 11) is 0. The number of Topliss-reactive ketones (excluding diaryl/α,β-unsaturated/α-hetero) is 1. The van der Waals surface area contributed by atoms with Crippen molar-refractivity contribution < 1.29 is 13.9 Å². The highest BCUT2D eigenvalue weighted by atomic mass is 79.9. The van der Waals surface area contributed by atoms with E-state index in [0.29, 0.717) is 4.47 Å². The molecule has 0 bridgehead atoms. The summed E-state index contributed by atoms with van der Waals surface area (Å²) in [5, 5.41) is 3.25. The van der Waals surface area contributed by atoms with E-state index in [2.05, 4.69) is 21.2 Å². The first kappa shape index (κ1) is 14.6. The zero-order chi connectivity index (χ0) is 13.7. The molecule has 0 aliphatic carbocycles. The SMILES string of the molecule is O=C(COC1CCNCC1)Cc1ccc(F)c(Br)c1. The van der Waals surface area contributed by atoms with Crippen molar-refractivity contribution in [3.63, 3.8) is 0 Å². The number of carbonyl (C=O) groups is 1. The van der Waals surface area contributed by atoms with Crippen LogP contribution in [-0.4, -0.2) is 31.6 Å². The monoisotopic (exact) mass is 329 g/mol. The lowest BCUT2D eigenvalue weighted by Gasteiger charge is -2.22. The molecule has 0 saturated carbocycles. The van der Waals surface area contributed by atoms with E-state index in [1.165, 1.54) is 6.07 Å². The van der Waals surface area contributed by atoms with E-state index in [9.17, 15) is 9.18 Å². The van der Waals surface area contributed by atoms with E-state index in [1.54, 1.807) is 12.1 Å². The standard InChI is InChI=1S/C14H17BrFNO2/c15-13-8-10(1-2-14(13)16)7-11(18)9-19-12-3-5-17-6-4-12/h1-2,8,12,17H,3-7,9H2. The number of hydrogen-bond acceptors (Lipinski definition) is 3. The molecule has 0 aromatic heterocycles. The molecule has 1 aromatic carbocycles. The van der Waals surface area contributed by atoms with E-state index >= 15 is 0 Å². The number of rotatable bonds is 5. The van der Waals surface area contributed by atoms with Gasteiger partial charge < -0.3 is 10.1 Å². The van der Waals surface area contributed by atoms with Gasteiger partial charge >= 0.3 is 0 Å². The summed E-state index contributed by atoms with van der Waals surface area (Å²) in [6.45, 7) is 2.03. The van der Waals surface area contributed by atoms with Crippen LogP contribution in [0.5, 0.6) is 0 Å². The Balaban J connectivity index is 1.78. The number of piperidine rings is 1. The maximum atomic E-state index is 13.1. The molecule has 0 radical (unpaired) electrons. The summed E-state index contributed by atoms with van der Waals surface area (Å²) in [5.74, 6) is -0.292. The molecular formula is C14H17BrFNO2. The van der Waals surface area contributed by atoms with Gasteiger partial charge in [-0.1, -0.05) is 6.07 Å². The van der Waals surface area contributed by atoms with E-state index in [1.807, 2.05) is 0 Å². The van der Waals surface area contributed by atoms with Crippen LogP contribution in [0.3, 0.4) is 0 Å². The van der Waals surface area contributed by atoms with E-state index in [0.717, 1.165) is 31.5 Å². The van der Waals surface area contributed by atoms with Crippen LogP contribution in [0.25, 0.3) is 0 Å². The molecule has 1 saturated heterocycles. The molecule has 19 heavy (non-hydrogen) atoms. The second-order valence-corrected chi connectivity index (χ2v) is 5.58. The number of hydrogen-bond donors (Lipinski definition) is 1. The van der Waals surface area contributed by atoms with Crippen molar-refractivity contribution in [1.29, 1.82) is 0 Å². The van der Waals surface area contributed by atoms with Crippen LogP contribution in [0.4, 0.5) is 4.39 Å². The maximum Gasteiger partial charge on any atom is 0.162 e. The number of nitrogens with one attached hydrogen (secondary N) is 1. The van der Waals surface area contributed by atoms with Gasteiger partial charge in [0, 0.05) is 6.42 Å². The number of carbonyl (C=O) groups excluding carboxylic acids is 1. The second-order valence-electron chi connectivity index (χ2n) is 4.72. The fourth-order valence-corrected chi connectivity index (χ4v) is 2.53. The normalized spacial score (nSPS) is 16.5. The fraction of sp³-hybridized carbons (Fsp3) is 0.500.